The summed E-state index contributed by atoms with van der Waals surface area (Å²) >= 11 is 0. The third kappa shape index (κ3) is 4.71. The zero-order chi connectivity index (χ0) is 17.2. The molecule has 0 heterocycles. The molecule has 5 nitrogen and oxygen atoms in total. The Morgan fingerprint density at radius 1 is 1.28 bits per heavy atom. The van der Waals surface area contributed by atoms with E-state index in [1.54, 1.807) is 14.2 Å². The summed E-state index contributed by atoms with van der Waals surface area (Å²) in [5, 5.41) is 7.00. The lowest BCUT2D eigenvalue weighted by molar-refractivity contribution is 0.394. The van der Waals surface area contributed by atoms with Crippen molar-refractivity contribution in [3.63, 3.8) is 0 Å². The van der Waals surface area contributed by atoms with Crippen molar-refractivity contribution >= 4 is 29.9 Å². The summed E-state index contributed by atoms with van der Waals surface area (Å²) in [7, 11) is 5.19. The highest BCUT2D eigenvalue weighted by atomic mass is 127. The highest BCUT2D eigenvalue weighted by Gasteiger charge is 2.53. The van der Waals surface area contributed by atoms with E-state index >= 15 is 0 Å². The number of halogens is 1. The third-order valence-electron chi connectivity index (χ3n) is 5.42. The molecule has 2 saturated carbocycles. The van der Waals surface area contributed by atoms with Crippen LogP contribution >= 0.6 is 24.0 Å². The normalized spacial score (nSPS) is 19.4. The van der Waals surface area contributed by atoms with E-state index in [0.717, 1.165) is 35.5 Å². The number of nitrogens with one attached hydrogen (secondary N) is 2. The van der Waals surface area contributed by atoms with Crippen LogP contribution in [0.3, 0.4) is 0 Å². The highest BCUT2D eigenvalue weighted by Crippen LogP contribution is 2.60. The highest BCUT2D eigenvalue weighted by molar-refractivity contribution is 14.0. The van der Waals surface area contributed by atoms with Crippen molar-refractivity contribution in [2.75, 3.05) is 27.8 Å². The van der Waals surface area contributed by atoms with Gasteiger partial charge in [-0.3, -0.25) is 4.99 Å². The van der Waals surface area contributed by atoms with E-state index in [2.05, 4.69) is 22.5 Å². The molecule has 0 saturated heterocycles. The van der Waals surface area contributed by atoms with Gasteiger partial charge in [0.2, 0.25) is 0 Å². The predicted octanol–water partition coefficient (Wildman–Crippen LogP) is 3.74. The van der Waals surface area contributed by atoms with Crippen LogP contribution in [-0.4, -0.2) is 33.8 Å². The van der Waals surface area contributed by atoms with Gasteiger partial charge in [0.1, 0.15) is 11.5 Å². The molecule has 25 heavy (non-hydrogen) atoms. The van der Waals surface area contributed by atoms with E-state index in [9.17, 15) is 0 Å². The summed E-state index contributed by atoms with van der Waals surface area (Å²) in [5.41, 5.74) is 1.61. The van der Waals surface area contributed by atoms with Gasteiger partial charge >= 0.3 is 0 Å². The minimum Gasteiger partial charge on any atom is -0.497 e. The largest absolute Gasteiger partial charge is 0.497 e. The van der Waals surface area contributed by atoms with Crippen LogP contribution in [0.5, 0.6) is 11.5 Å². The number of hydrogen-bond acceptors (Lipinski definition) is 3. The number of guanidine groups is 1. The van der Waals surface area contributed by atoms with E-state index in [1.165, 1.54) is 25.7 Å². The lowest BCUT2D eigenvalue weighted by Gasteiger charge is -2.22. The number of nitrogens with zero attached hydrogens (tertiary/aromatic N) is 1. The molecule has 0 aliphatic heterocycles. The van der Waals surface area contributed by atoms with E-state index < -0.39 is 0 Å². The summed E-state index contributed by atoms with van der Waals surface area (Å²) < 4.78 is 10.8. The molecule has 2 aliphatic rings. The van der Waals surface area contributed by atoms with Crippen LogP contribution in [0.2, 0.25) is 0 Å². The van der Waals surface area contributed by atoms with Crippen LogP contribution in [0.25, 0.3) is 0 Å². The Hall–Kier alpha value is -1.18. The Bertz CT molecular complexity index is 613. The van der Waals surface area contributed by atoms with Crippen LogP contribution in [0.15, 0.2) is 23.2 Å². The summed E-state index contributed by atoms with van der Waals surface area (Å²) in [6.07, 6.45) is 5.54. The molecule has 1 unspecified atom stereocenters. The van der Waals surface area contributed by atoms with Crippen LogP contribution < -0.4 is 20.1 Å². The van der Waals surface area contributed by atoms with Crippen LogP contribution in [0, 0.1) is 11.3 Å². The smallest absolute Gasteiger partial charge is 0.191 e. The molecule has 1 atom stereocenters. The molecule has 2 N–H and O–H groups in total. The molecule has 6 heteroatoms. The lowest BCUT2D eigenvalue weighted by atomic mass is 10.0. The Kier molecular flexibility index (Phi) is 6.82. The monoisotopic (exact) mass is 459 g/mol. The first-order chi connectivity index (χ1) is 11.6. The maximum absolute atomic E-state index is 5.49. The van der Waals surface area contributed by atoms with Crippen molar-refractivity contribution in [3.8, 4) is 11.5 Å². The predicted molar refractivity (Wildman–Crippen MR) is 112 cm³/mol. The van der Waals surface area contributed by atoms with Crippen molar-refractivity contribution in [3.05, 3.63) is 23.8 Å². The zero-order valence-electron chi connectivity index (χ0n) is 15.6. The fraction of sp³-hybridized carbons (Fsp3) is 0.632. The second-order valence-electron chi connectivity index (χ2n) is 7.04. The number of hydrogen-bond donors (Lipinski definition) is 2. The molecule has 0 spiro atoms. The Labute approximate surface area is 168 Å². The minimum absolute atomic E-state index is 0. The van der Waals surface area contributed by atoms with E-state index in [1.807, 2.05) is 25.2 Å². The summed E-state index contributed by atoms with van der Waals surface area (Å²) in [6.45, 7) is 3.14. The molecular weight excluding hydrogens is 429 g/mol. The van der Waals surface area contributed by atoms with Crippen molar-refractivity contribution in [2.24, 2.45) is 16.3 Å². The van der Waals surface area contributed by atoms with Gasteiger partial charge in [-0.15, -0.1) is 24.0 Å². The standard InChI is InChI=1S/C19H29N3O2.HI/c1-13(16-11-15(23-3)7-8-17(16)24-4)22-18(20-2)21-12-19(9-10-19)14-5-6-14;/h7-8,11,13-14H,5-6,9-10,12H2,1-4H3,(H2,20,21,22);1H. The number of aliphatic imine (C=N–C) groups is 1. The van der Waals surface area contributed by atoms with Crippen molar-refractivity contribution in [1.29, 1.82) is 0 Å². The van der Waals surface area contributed by atoms with Gasteiger partial charge in [0.05, 0.1) is 20.3 Å². The average molecular weight is 459 g/mol. The van der Waals surface area contributed by atoms with Crippen molar-refractivity contribution in [2.45, 2.75) is 38.6 Å². The number of benzene rings is 1. The quantitative estimate of drug-likeness (QED) is 0.371. The second-order valence-corrected chi connectivity index (χ2v) is 7.04. The summed E-state index contributed by atoms with van der Waals surface area (Å²) in [6, 6.07) is 5.93. The van der Waals surface area contributed by atoms with Crippen LogP contribution in [0.4, 0.5) is 0 Å². The van der Waals surface area contributed by atoms with Gasteiger partial charge in [-0.1, -0.05) is 0 Å². The molecule has 2 fully saturated rings. The Morgan fingerprint density at radius 3 is 2.52 bits per heavy atom. The molecule has 0 amide bonds. The molecule has 0 bridgehead atoms. The first-order valence-electron chi connectivity index (χ1n) is 8.81. The van der Waals surface area contributed by atoms with Gasteiger partial charge in [-0.25, -0.2) is 0 Å². The van der Waals surface area contributed by atoms with Gasteiger partial charge in [-0.05, 0) is 62.1 Å². The van der Waals surface area contributed by atoms with Crippen LogP contribution in [-0.2, 0) is 0 Å². The van der Waals surface area contributed by atoms with Crippen LogP contribution in [0.1, 0.15) is 44.2 Å². The molecule has 140 valence electrons. The fourth-order valence-electron chi connectivity index (χ4n) is 3.50. The van der Waals surface area contributed by atoms with E-state index in [0.29, 0.717) is 5.41 Å². The molecule has 3 rings (SSSR count). The fourth-order valence-corrected chi connectivity index (χ4v) is 3.50. The maximum Gasteiger partial charge on any atom is 0.191 e. The molecular formula is C19H30IN3O2. The summed E-state index contributed by atoms with van der Waals surface area (Å²) in [5.74, 6) is 3.47. The van der Waals surface area contributed by atoms with Crippen molar-refractivity contribution < 1.29 is 9.47 Å². The average Bonchev–Trinajstić information content (AvgIpc) is 3.50. The molecule has 2 aliphatic carbocycles. The lowest BCUT2D eigenvalue weighted by Crippen LogP contribution is -2.41. The minimum atomic E-state index is 0. The van der Waals surface area contributed by atoms with E-state index in [-0.39, 0.29) is 30.0 Å². The second kappa shape index (κ2) is 8.47. The van der Waals surface area contributed by atoms with Gasteiger partial charge in [0.25, 0.3) is 0 Å². The zero-order valence-corrected chi connectivity index (χ0v) is 17.9. The number of methoxy groups -OCH3 is 2. The molecule has 0 aromatic heterocycles. The van der Waals surface area contributed by atoms with Gasteiger partial charge in [0.15, 0.2) is 5.96 Å². The van der Waals surface area contributed by atoms with Gasteiger partial charge in [-0.2, -0.15) is 0 Å². The Balaban J connectivity index is 0.00000225. The molecule has 0 radical (unpaired) electrons. The first kappa shape index (κ1) is 20.1. The van der Waals surface area contributed by atoms with E-state index in [4.69, 9.17) is 9.47 Å². The van der Waals surface area contributed by atoms with Gasteiger partial charge in [0, 0.05) is 19.2 Å². The molecule has 1 aromatic carbocycles. The first-order valence-corrected chi connectivity index (χ1v) is 8.81. The SMILES string of the molecule is CN=C(NCC1(C2CC2)CC1)NC(C)c1cc(OC)ccc1OC.I. The van der Waals surface area contributed by atoms with Gasteiger partial charge < -0.3 is 20.1 Å². The third-order valence-corrected chi connectivity index (χ3v) is 5.42. The van der Waals surface area contributed by atoms with Crippen molar-refractivity contribution in [1.82, 2.24) is 10.6 Å². The number of rotatable bonds is 7. The molecule has 1 aromatic rings. The Morgan fingerprint density at radius 2 is 2.00 bits per heavy atom. The number of ether oxygens (including phenoxy) is 2. The maximum atomic E-state index is 5.49. The summed E-state index contributed by atoms with van der Waals surface area (Å²) in [4.78, 5) is 4.38. The topological polar surface area (TPSA) is 54.9 Å².